The first-order chi connectivity index (χ1) is 7.11. The van der Waals surface area contributed by atoms with E-state index in [1.165, 1.54) is 22.8 Å². The van der Waals surface area contributed by atoms with Crippen molar-refractivity contribution in [3.63, 3.8) is 0 Å². The third kappa shape index (κ3) is 1.46. The Balaban J connectivity index is 2.86. The van der Waals surface area contributed by atoms with E-state index < -0.39 is 11.9 Å². The topological polar surface area (TPSA) is 80.4 Å². The van der Waals surface area contributed by atoms with Crippen LogP contribution >= 0.6 is 11.3 Å². The van der Waals surface area contributed by atoms with E-state index in [1.54, 1.807) is 12.1 Å². The fraction of sp³-hybridized carbons (Fsp3) is 0. The number of nitrogens with two attached hydrogens (primary N) is 1. The minimum atomic E-state index is -1.05. The molecule has 1 heterocycles. The van der Waals surface area contributed by atoms with Crippen LogP contribution in [0.1, 0.15) is 20.7 Å². The first kappa shape index (κ1) is 9.67. The Hall–Kier alpha value is -1.88. The van der Waals surface area contributed by atoms with E-state index in [4.69, 9.17) is 10.8 Å². The SMILES string of the molecule is NC(=O)c1cccc2scc(C(=O)O)c12. The van der Waals surface area contributed by atoms with Crippen molar-refractivity contribution in [1.82, 2.24) is 0 Å². The van der Waals surface area contributed by atoms with Gasteiger partial charge in [0.1, 0.15) is 0 Å². The van der Waals surface area contributed by atoms with Crippen LogP contribution in [0.2, 0.25) is 0 Å². The van der Waals surface area contributed by atoms with Gasteiger partial charge in [0, 0.05) is 21.0 Å². The zero-order valence-corrected chi connectivity index (χ0v) is 8.38. The molecule has 0 unspecified atom stereocenters. The van der Waals surface area contributed by atoms with Gasteiger partial charge in [0.15, 0.2) is 0 Å². The minimum Gasteiger partial charge on any atom is -0.478 e. The second kappa shape index (κ2) is 3.36. The number of carbonyl (C=O) groups is 2. The maximum absolute atomic E-state index is 11.1. The summed E-state index contributed by atoms with van der Waals surface area (Å²) >= 11 is 1.29. The zero-order valence-electron chi connectivity index (χ0n) is 7.56. The van der Waals surface area contributed by atoms with Crippen LogP contribution in [0, 0.1) is 0 Å². The Labute approximate surface area is 88.9 Å². The van der Waals surface area contributed by atoms with Crippen LogP contribution in [0.25, 0.3) is 10.1 Å². The van der Waals surface area contributed by atoms with Gasteiger partial charge in [-0.1, -0.05) is 6.07 Å². The van der Waals surface area contributed by atoms with Gasteiger partial charge in [0.2, 0.25) is 5.91 Å². The largest absolute Gasteiger partial charge is 0.478 e. The van der Waals surface area contributed by atoms with Crippen LogP contribution < -0.4 is 5.73 Å². The fourth-order valence-corrected chi connectivity index (χ4v) is 2.41. The molecule has 4 nitrogen and oxygen atoms in total. The van der Waals surface area contributed by atoms with Crippen LogP contribution in [-0.2, 0) is 0 Å². The summed E-state index contributed by atoms with van der Waals surface area (Å²) in [5, 5.41) is 10.9. The molecule has 2 rings (SSSR count). The normalized spacial score (nSPS) is 10.4. The van der Waals surface area contributed by atoms with Crippen LogP contribution in [0.15, 0.2) is 23.6 Å². The number of aromatic carboxylic acids is 1. The molecular formula is C10H7NO3S. The van der Waals surface area contributed by atoms with Gasteiger partial charge >= 0.3 is 5.97 Å². The quantitative estimate of drug-likeness (QED) is 0.809. The number of rotatable bonds is 2. The van der Waals surface area contributed by atoms with Crippen LogP contribution in [-0.4, -0.2) is 17.0 Å². The maximum Gasteiger partial charge on any atom is 0.337 e. The monoisotopic (exact) mass is 221 g/mol. The van der Waals surface area contributed by atoms with Crippen molar-refractivity contribution in [3.8, 4) is 0 Å². The molecule has 0 saturated heterocycles. The van der Waals surface area contributed by atoms with E-state index in [1.807, 2.05) is 0 Å². The molecule has 1 aromatic heterocycles. The van der Waals surface area contributed by atoms with E-state index in [-0.39, 0.29) is 11.1 Å². The number of primary amides is 1. The van der Waals surface area contributed by atoms with Crippen molar-refractivity contribution in [1.29, 1.82) is 0 Å². The molecule has 15 heavy (non-hydrogen) atoms. The zero-order chi connectivity index (χ0) is 11.0. The van der Waals surface area contributed by atoms with Gasteiger partial charge in [0.05, 0.1) is 5.56 Å². The molecule has 0 fully saturated rings. The van der Waals surface area contributed by atoms with E-state index >= 15 is 0 Å². The maximum atomic E-state index is 11.1. The number of carbonyl (C=O) groups excluding carboxylic acids is 1. The third-order valence-electron chi connectivity index (χ3n) is 2.10. The summed E-state index contributed by atoms with van der Waals surface area (Å²) in [5.74, 6) is -1.66. The molecule has 0 bridgehead atoms. The fourth-order valence-electron chi connectivity index (χ4n) is 1.45. The lowest BCUT2D eigenvalue weighted by atomic mass is 10.1. The summed E-state index contributed by atoms with van der Waals surface area (Å²) in [6, 6.07) is 4.98. The second-order valence-electron chi connectivity index (χ2n) is 3.00. The number of carboxylic acids is 1. The predicted molar refractivity (Wildman–Crippen MR) is 57.3 cm³/mol. The third-order valence-corrected chi connectivity index (χ3v) is 3.04. The number of amides is 1. The molecule has 2 aromatic rings. The molecule has 1 amide bonds. The van der Waals surface area contributed by atoms with Crippen LogP contribution in [0.5, 0.6) is 0 Å². The van der Waals surface area contributed by atoms with E-state index in [0.29, 0.717) is 5.39 Å². The van der Waals surface area contributed by atoms with Crippen molar-refractivity contribution < 1.29 is 14.7 Å². The average Bonchev–Trinajstić information content (AvgIpc) is 2.60. The molecule has 3 N–H and O–H groups in total. The highest BCUT2D eigenvalue weighted by molar-refractivity contribution is 7.17. The van der Waals surface area contributed by atoms with Gasteiger partial charge in [-0.25, -0.2) is 4.79 Å². The number of hydrogen-bond donors (Lipinski definition) is 2. The van der Waals surface area contributed by atoms with Gasteiger partial charge in [-0.15, -0.1) is 11.3 Å². The van der Waals surface area contributed by atoms with Gasteiger partial charge in [-0.3, -0.25) is 4.79 Å². The highest BCUT2D eigenvalue weighted by Gasteiger charge is 2.16. The summed E-state index contributed by atoms with van der Waals surface area (Å²) in [7, 11) is 0. The molecule has 0 atom stereocenters. The lowest BCUT2D eigenvalue weighted by Gasteiger charge is -1.99. The van der Waals surface area contributed by atoms with Gasteiger partial charge in [-0.05, 0) is 12.1 Å². The highest BCUT2D eigenvalue weighted by Crippen LogP contribution is 2.28. The van der Waals surface area contributed by atoms with Gasteiger partial charge < -0.3 is 10.8 Å². The Bertz CT molecular complexity index is 559. The van der Waals surface area contributed by atoms with Crippen molar-refractivity contribution in [2.24, 2.45) is 5.73 Å². The smallest absolute Gasteiger partial charge is 0.337 e. The van der Waals surface area contributed by atoms with E-state index in [0.717, 1.165) is 4.70 Å². The van der Waals surface area contributed by atoms with E-state index in [9.17, 15) is 9.59 Å². The van der Waals surface area contributed by atoms with Crippen LogP contribution in [0.4, 0.5) is 0 Å². The molecule has 1 aromatic carbocycles. The lowest BCUT2D eigenvalue weighted by molar-refractivity contribution is 0.0699. The standard InChI is InChI=1S/C10H7NO3S/c11-9(12)5-2-1-3-7-8(5)6(4-15-7)10(13)14/h1-4H,(H2,11,12)(H,13,14). The molecule has 0 aliphatic heterocycles. The first-order valence-electron chi connectivity index (χ1n) is 4.14. The summed E-state index contributed by atoms with van der Waals surface area (Å²) in [5.41, 5.74) is 5.57. The van der Waals surface area contributed by atoms with Crippen molar-refractivity contribution >= 4 is 33.3 Å². The molecule has 76 valence electrons. The van der Waals surface area contributed by atoms with Crippen LogP contribution in [0.3, 0.4) is 0 Å². The average molecular weight is 221 g/mol. The highest BCUT2D eigenvalue weighted by atomic mass is 32.1. The van der Waals surface area contributed by atoms with Crippen molar-refractivity contribution in [2.75, 3.05) is 0 Å². The summed E-state index contributed by atoms with van der Waals surface area (Å²) in [4.78, 5) is 22.0. The Kier molecular flexibility index (Phi) is 2.17. The molecule has 0 radical (unpaired) electrons. The molecular weight excluding hydrogens is 214 g/mol. The summed E-state index contributed by atoms with van der Waals surface area (Å²) < 4.78 is 0.753. The molecule has 5 heteroatoms. The van der Waals surface area contributed by atoms with E-state index in [2.05, 4.69) is 0 Å². The number of carboxylic acid groups (broad SMARTS) is 1. The van der Waals surface area contributed by atoms with Gasteiger partial charge in [-0.2, -0.15) is 0 Å². The summed E-state index contributed by atoms with van der Waals surface area (Å²) in [6.45, 7) is 0. The van der Waals surface area contributed by atoms with Crippen molar-refractivity contribution in [3.05, 3.63) is 34.7 Å². The molecule has 0 aliphatic carbocycles. The van der Waals surface area contributed by atoms with Crippen molar-refractivity contribution in [2.45, 2.75) is 0 Å². The number of thiophene rings is 1. The molecule has 0 saturated carbocycles. The Morgan fingerprint density at radius 1 is 1.27 bits per heavy atom. The minimum absolute atomic E-state index is 0.129. The van der Waals surface area contributed by atoms with Gasteiger partial charge in [0.25, 0.3) is 0 Å². The Morgan fingerprint density at radius 2 is 2.00 bits per heavy atom. The number of benzene rings is 1. The number of fused-ring (bicyclic) bond motifs is 1. The molecule has 0 spiro atoms. The second-order valence-corrected chi connectivity index (χ2v) is 3.91. The molecule has 0 aliphatic rings. The number of hydrogen-bond acceptors (Lipinski definition) is 3. The first-order valence-corrected chi connectivity index (χ1v) is 5.02. The summed E-state index contributed by atoms with van der Waals surface area (Å²) in [6.07, 6.45) is 0. The Morgan fingerprint density at radius 3 is 2.60 bits per heavy atom. The predicted octanol–water partition coefficient (Wildman–Crippen LogP) is 1.70. The lowest BCUT2D eigenvalue weighted by Crippen LogP contribution is -2.12.